The van der Waals surface area contributed by atoms with Gasteiger partial charge in [-0.3, -0.25) is 0 Å². The lowest BCUT2D eigenvalue weighted by molar-refractivity contribution is -0.144. The summed E-state index contributed by atoms with van der Waals surface area (Å²) in [6.07, 6.45) is 1.23. The predicted molar refractivity (Wildman–Crippen MR) is 62.4 cm³/mol. The first-order chi connectivity index (χ1) is 7.50. The van der Waals surface area contributed by atoms with Crippen molar-refractivity contribution in [3.05, 3.63) is 33.8 Å². The van der Waals surface area contributed by atoms with Crippen LogP contribution >= 0.6 is 34.8 Å². The number of carboxylic acid groups (broad SMARTS) is 1. The van der Waals surface area contributed by atoms with E-state index in [1.807, 2.05) is 0 Å². The second kappa shape index (κ2) is 5.94. The third-order valence-corrected chi connectivity index (χ3v) is 2.34. The zero-order valence-corrected chi connectivity index (χ0v) is 10.00. The van der Waals surface area contributed by atoms with E-state index in [1.54, 1.807) is 18.2 Å². The van der Waals surface area contributed by atoms with Gasteiger partial charge in [0, 0.05) is 15.6 Å². The maximum atomic E-state index is 10.3. The molecule has 0 aliphatic rings. The van der Waals surface area contributed by atoms with Gasteiger partial charge in [0.1, 0.15) is 0 Å². The monoisotopic (exact) mass is 281 g/mol. The smallest absolute Gasteiger partial charge is 0.363 e. The highest BCUT2D eigenvalue weighted by molar-refractivity contribution is 6.35. The average molecular weight is 283 g/mol. The highest BCUT2D eigenvalue weighted by Gasteiger charge is 2.13. The maximum Gasteiger partial charge on any atom is 0.363 e. The van der Waals surface area contributed by atoms with Gasteiger partial charge in [0.15, 0.2) is 0 Å². The molecule has 0 bridgehead atoms. The quantitative estimate of drug-likeness (QED) is 0.525. The van der Waals surface area contributed by atoms with E-state index in [9.17, 15) is 4.79 Å². The van der Waals surface area contributed by atoms with E-state index in [0.29, 0.717) is 15.6 Å². The Morgan fingerprint density at radius 1 is 1.50 bits per heavy atom. The summed E-state index contributed by atoms with van der Waals surface area (Å²) in [5.74, 6) is -1.32. The average Bonchev–Trinajstić information content (AvgIpc) is 2.22. The van der Waals surface area contributed by atoms with E-state index in [4.69, 9.17) is 39.9 Å². The van der Waals surface area contributed by atoms with Crippen molar-refractivity contribution in [1.29, 1.82) is 0 Å². The maximum absolute atomic E-state index is 10.3. The van der Waals surface area contributed by atoms with Crippen molar-refractivity contribution >= 4 is 47.0 Å². The summed E-state index contributed by atoms with van der Waals surface area (Å²) in [7, 11) is 0. The van der Waals surface area contributed by atoms with Gasteiger partial charge in [-0.2, -0.15) is 0 Å². The van der Waals surface area contributed by atoms with Gasteiger partial charge in [-0.15, -0.1) is 0 Å². The number of carbonyl (C=O) groups is 1. The molecule has 7 heteroatoms. The molecule has 1 rings (SSSR count). The van der Waals surface area contributed by atoms with Crippen molar-refractivity contribution in [1.82, 2.24) is 0 Å². The number of nitrogens with zero attached hydrogens (tertiary/aromatic N) is 1. The summed E-state index contributed by atoms with van der Waals surface area (Å²) in [4.78, 5) is 14.7. The summed E-state index contributed by atoms with van der Waals surface area (Å²) < 4.78 is 0. The fourth-order valence-electron chi connectivity index (χ4n) is 0.799. The third-order valence-electron chi connectivity index (χ3n) is 1.50. The number of hydrogen-bond acceptors (Lipinski definition) is 3. The number of benzene rings is 1. The van der Waals surface area contributed by atoms with Gasteiger partial charge in [-0.1, -0.05) is 40.0 Å². The SMILES string of the molecule is O=C(O)C(Cl)ON=Cc1cc(Cl)ccc1Cl. The molecule has 4 nitrogen and oxygen atoms in total. The first kappa shape index (κ1) is 13.1. The first-order valence-corrected chi connectivity index (χ1v) is 5.21. The largest absolute Gasteiger partial charge is 0.477 e. The van der Waals surface area contributed by atoms with Crippen molar-refractivity contribution in [3.8, 4) is 0 Å². The number of carboxylic acids is 1. The third kappa shape index (κ3) is 3.89. The van der Waals surface area contributed by atoms with E-state index in [0.717, 1.165) is 0 Å². The van der Waals surface area contributed by atoms with Gasteiger partial charge < -0.3 is 9.94 Å². The minimum absolute atomic E-state index is 0.415. The molecule has 0 fully saturated rings. The fraction of sp³-hybridized carbons (Fsp3) is 0.111. The van der Waals surface area contributed by atoms with E-state index < -0.39 is 11.5 Å². The Kier molecular flexibility index (Phi) is 4.86. The van der Waals surface area contributed by atoms with Crippen molar-refractivity contribution in [2.75, 3.05) is 0 Å². The normalized spacial score (nSPS) is 12.7. The molecule has 1 unspecified atom stereocenters. The molecule has 1 N–H and O–H groups in total. The zero-order valence-electron chi connectivity index (χ0n) is 7.73. The Morgan fingerprint density at radius 3 is 2.81 bits per heavy atom. The molecule has 0 radical (unpaired) electrons. The molecular weight excluding hydrogens is 276 g/mol. The van der Waals surface area contributed by atoms with Gasteiger partial charge in [-0.25, -0.2) is 4.79 Å². The van der Waals surface area contributed by atoms with Crippen molar-refractivity contribution < 1.29 is 14.7 Å². The molecule has 0 saturated carbocycles. The topological polar surface area (TPSA) is 58.9 Å². The van der Waals surface area contributed by atoms with Crippen molar-refractivity contribution in [2.24, 2.45) is 5.16 Å². The summed E-state index contributed by atoms with van der Waals surface area (Å²) in [5.41, 5.74) is -1.03. The van der Waals surface area contributed by atoms with Gasteiger partial charge >= 0.3 is 5.97 Å². The molecule has 0 amide bonds. The van der Waals surface area contributed by atoms with E-state index >= 15 is 0 Å². The number of rotatable bonds is 4. The number of alkyl halides is 1. The van der Waals surface area contributed by atoms with E-state index in [-0.39, 0.29) is 0 Å². The molecule has 0 aromatic heterocycles. The molecule has 0 saturated heterocycles. The number of oxime groups is 1. The van der Waals surface area contributed by atoms with Crippen LogP contribution in [0.4, 0.5) is 0 Å². The predicted octanol–water partition coefficient (Wildman–Crippen LogP) is 2.99. The van der Waals surface area contributed by atoms with E-state index in [1.165, 1.54) is 6.21 Å². The van der Waals surface area contributed by atoms with Crippen LogP contribution < -0.4 is 0 Å². The van der Waals surface area contributed by atoms with Crippen LogP contribution in [0, 0.1) is 0 Å². The summed E-state index contributed by atoms with van der Waals surface area (Å²) in [6.45, 7) is 0. The van der Waals surface area contributed by atoms with Crippen LogP contribution in [0.1, 0.15) is 5.56 Å². The summed E-state index contributed by atoms with van der Waals surface area (Å²) in [5, 5.41) is 12.7. The molecule has 16 heavy (non-hydrogen) atoms. The Balaban J connectivity index is 2.69. The summed E-state index contributed by atoms with van der Waals surface area (Å²) >= 11 is 16.8. The van der Waals surface area contributed by atoms with Crippen LogP contribution in [0.15, 0.2) is 23.4 Å². The lowest BCUT2D eigenvalue weighted by atomic mass is 10.2. The lowest BCUT2D eigenvalue weighted by Gasteiger charge is -2.01. The lowest BCUT2D eigenvalue weighted by Crippen LogP contribution is -2.14. The molecule has 0 heterocycles. The molecule has 1 aromatic carbocycles. The van der Waals surface area contributed by atoms with Crippen LogP contribution in [0.3, 0.4) is 0 Å². The van der Waals surface area contributed by atoms with Gasteiger partial charge in [0.25, 0.3) is 5.56 Å². The number of hydrogen-bond donors (Lipinski definition) is 1. The second-order valence-electron chi connectivity index (χ2n) is 2.66. The Morgan fingerprint density at radius 2 is 2.19 bits per heavy atom. The first-order valence-electron chi connectivity index (χ1n) is 4.02. The van der Waals surface area contributed by atoms with Crippen LogP contribution in [0.25, 0.3) is 0 Å². The molecule has 1 atom stereocenters. The Labute approximate surface area is 106 Å². The summed E-state index contributed by atoms with van der Waals surface area (Å²) in [6, 6.07) is 4.76. The molecule has 1 aromatic rings. The van der Waals surface area contributed by atoms with Crippen molar-refractivity contribution in [3.63, 3.8) is 0 Å². The minimum Gasteiger partial charge on any atom is -0.477 e. The standard InChI is InChI=1S/C9H6Cl3NO3/c10-6-1-2-7(11)5(3-6)4-13-16-8(12)9(14)15/h1-4,8H,(H,14,15). The number of halogens is 3. The second-order valence-corrected chi connectivity index (χ2v) is 3.90. The number of aliphatic carboxylic acids is 1. The van der Waals surface area contributed by atoms with E-state index in [2.05, 4.69) is 9.99 Å². The fourth-order valence-corrected chi connectivity index (χ4v) is 1.19. The van der Waals surface area contributed by atoms with Gasteiger partial charge in [-0.05, 0) is 18.2 Å². The van der Waals surface area contributed by atoms with Crippen LogP contribution in [0.5, 0.6) is 0 Å². The van der Waals surface area contributed by atoms with Crippen molar-refractivity contribution in [2.45, 2.75) is 5.56 Å². The zero-order chi connectivity index (χ0) is 12.1. The molecule has 0 aliphatic carbocycles. The molecular formula is C9H6Cl3NO3. The molecule has 0 spiro atoms. The van der Waals surface area contributed by atoms with Gasteiger partial charge in [0.2, 0.25) is 0 Å². The molecule has 86 valence electrons. The van der Waals surface area contributed by atoms with Crippen LogP contribution in [-0.4, -0.2) is 22.9 Å². The highest BCUT2D eigenvalue weighted by atomic mass is 35.5. The van der Waals surface area contributed by atoms with Gasteiger partial charge in [0.05, 0.1) is 6.21 Å². The van der Waals surface area contributed by atoms with Crippen LogP contribution in [-0.2, 0) is 9.63 Å². The highest BCUT2D eigenvalue weighted by Crippen LogP contribution is 2.18. The Hall–Kier alpha value is -0.970. The Bertz CT molecular complexity index is 422. The molecule has 0 aliphatic heterocycles. The minimum atomic E-state index is -1.53. The van der Waals surface area contributed by atoms with Crippen LogP contribution in [0.2, 0.25) is 10.0 Å².